The third-order valence-corrected chi connectivity index (χ3v) is 16.2. The van der Waals surface area contributed by atoms with Crippen molar-refractivity contribution in [2.24, 2.45) is 0 Å². The first-order valence-corrected chi connectivity index (χ1v) is 25.9. The molecule has 6 heteroatoms. The van der Waals surface area contributed by atoms with Gasteiger partial charge in [-0.1, -0.05) is 151 Å². The van der Waals surface area contributed by atoms with E-state index in [1.165, 1.54) is 89.0 Å². The standard InChI is InChI=1S/C69H56N6/c1-67(2)61-39-45(7-9-47-13-19-57-59-21-15-53(43-65(59)68(3,4)63(57)41-47)74(49-23-31-70-32-24-49)50-25-33-71-34-26-50)11-17-55(61)56-18-12-46(40-62(56)67)8-10-48-14-20-58-60-22-16-54(44-66(60)69(5,6)64(58)42-48)75(51-27-35-72-36-28-51)52-29-37-73-38-30-52/h7-44H,1-6H3. The minimum atomic E-state index is -0.188. The maximum Gasteiger partial charge on any atom is 0.0492 e. The van der Waals surface area contributed by atoms with E-state index in [0.29, 0.717) is 0 Å². The molecule has 0 bridgehead atoms. The Labute approximate surface area is 440 Å². The fourth-order valence-electron chi connectivity index (χ4n) is 12.2. The first kappa shape index (κ1) is 45.8. The lowest BCUT2D eigenvalue weighted by Crippen LogP contribution is -2.16. The Morgan fingerprint density at radius 3 is 0.707 bits per heavy atom. The molecular weight excluding hydrogens is 913 g/mol. The second-order valence-corrected chi connectivity index (χ2v) is 21.7. The van der Waals surface area contributed by atoms with Crippen LogP contribution >= 0.6 is 0 Å². The zero-order chi connectivity index (χ0) is 51.1. The summed E-state index contributed by atoms with van der Waals surface area (Å²) in [4.78, 5) is 21.7. The Kier molecular flexibility index (Phi) is 10.8. The van der Waals surface area contributed by atoms with Gasteiger partial charge in [-0.05, 0) is 162 Å². The van der Waals surface area contributed by atoms with Gasteiger partial charge in [0, 0.05) is 99.9 Å². The number of aromatic nitrogens is 4. The van der Waals surface area contributed by atoms with Crippen LogP contribution in [-0.2, 0) is 16.2 Å². The summed E-state index contributed by atoms with van der Waals surface area (Å²) in [6, 6.07) is 58.1. The molecular formula is C69H56N6. The van der Waals surface area contributed by atoms with Crippen LogP contribution in [0.25, 0.3) is 57.7 Å². The van der Waals surface area contributed by atoms with Gasteiger partial charge >= 0.3 is 0 Å². The summed E-state index contributed by atoms with van der Waals surface area (Å²) in [5, 5.41) is 0. The number of benzene rings is 6. The smallest absolute Gasteiger partial charge is 0.0492 e. The minimum Gasteiger partial charge on any atom is -0.310 e. The highest BCUT2D eigenvalue weighted by molar-refractivity contribution is 5.90. The molecule has 0 saturated carbocycles. The molecule has 0 unspecified atom stereocenters. The number of pyridine rings is 4. The molecule has 0 aliphatic heterocycles. The number of anilines is 6. The summed E-state index contributed by atoms with van der Waals surface area (Å²) in [6.45, 7) is 14.2. The quantitative estimate of drug-likeness (QED) is 0.127. The third kappa shape index (κ3) is 7.70. The molecule has 3 aliphatic rings. The van der Waals surface area contributed by atoms with E-state index in [0.717, 1.165) is 34.1 Å². The van der Waals surface area contributed by atoms with Crippen LogP contribution in [-0.4, -0.2) is 19.9 Å². The van der Waals surface area contributed by atoms with Crippen molar-refractivity contribution in [1.82, 2.24) is 19.9 Å². The van der Waals surface area contributed by atoms with Crippen LogP contribution in [0.5, 0.6) is 0 Å². The molecule has 0 fully saturated rings. The predicted octanol–water partition coefficient (Wildman–Crippen LogP) is 17.5. The highest BCUT2D eigenvalue weighted by atomic mass is 15.2. The summed E-state index contributed by atoms with van der Waals surface area (Å²) >= 11 is 0. The zero-order valence-corrected chi connectivity index (χ0v) is 43.1. The maximum absolute atomic E-state index is 4.29. The molecule has 4 heterocycles. The summed E-state index contributed by atoms with van der Waals surface area (Å²) in [5.41, 5.74) is 26.6. The summed E-state index contributed by atoms with van der Waals surface area (Å²) in [5.74, 6) is 0. The third-order valence-electron chi connectivity index (χ3n) is 16.2. The molecule has 362 valence electrons. The molecule has 10 aromatic rings. The van der Waals surface area contributed by atoms with Gasteiger partial charge in [0.25, 0.3) is 0 Å². The van der Waals surface area contributed by atoms with Gasteiger partial charge in [0.1, 0.15) is 0 Å². The SMILES string of the molecule is CC1(C)c2cc(C=Cc3ccc4c(c3)C(C)(C)c3cc(N(c5ccncc5)c5ccncc5)ccc3-4)ccc2-c2ccc(C=Cc3ccc4c(c3)C(C)(C)c3cc(N(c5ccncc5)c5ccncc5)ccc3-4)cc21. The monoisotopic (exact) mass is 968 g/mol. The molecule has 0 amide bonds. The van der Waals surface area contributed by atoms with Gasteiger partial charge in [0.2, 0.25) is 0 Å². The van der Waals surface area contributed by atoms with E-state index in [9.17, 15) is 0 Å². The molecule has 13 rings (SSSR count). The first-order chi connectivity index (χ1) is 36.4. The van der Waals surface area contributed by atoms with Crippen molar-refractivity contribution >= 4 is 58.4 Å². The van der Waals surface area contributed by atoms with Gasteiger partial charge in [-0.2, -0.15) is 0 Å². The number of nitrogens with zero attached hydrogens (tertiary/aromatic N) is 6. The van der Waals surface area contributed by atoms with Crippen molar-refractivity contribution in [2.75, 3.05) is 9.80 Å². The molecule has 4 aromatic heterocycles. The largest absolute Gasteiger partial charge is 0.310 e. The van der Waals surface area contributed by atoms with E-state index in [4.69, 9.17) is 0 Å². The second kappa shape index (κ2) is 17.6. The van der Waals surface area contributed by atoms with E-state index in [-0.39, 0.29) is 16.2 Å². The van der Waals surface area contributed by atoms with Crippen LogP contribution in [0.15, 0.2) is 207 Å². The molecule has 6 aromatic carbocycles. The van der Waals surface area contributed by atoms with E-state index in [1.807, 2.05) is 49.6 Å². The summed E-state index contributed by atoms with van der Waals surface area (Å²) in [6.07, 6.45) is 23.9. The molecule has 0 spiro atoms. The Balaban J connectivity index is 0.731. The summed E-state index contributed by atoms with van der Waals surface area (Å²) < 4.78 is 0. The van der Waals surface area contributed by atoms with Crippen molar-refractivity contribution in [3.8, 4) is 33.4 Å². The van der Waals surface area contributed by atoms with Crippen molar-refractivity contribution in [3.05, 3.63) is 263 Å². The molecule has 0 radical (unpaired) electrons. The molecule has 3 aliphatic carbocycles. The van der Waals surface area contributed by atoms with Gasteiger partial charge in [-0.25, -0.2) is 0 Å². The Bertz CT molecular complexity index is 3580. The van der Waals surface area contributed by atoms with E-state index >= 15 is 0 Å². The predicted molar refractivity (Wildman–Crippen MR) is 310 cm³/mol. The molecule has 75 heavy (non-hydrogen) atoms. The minimum absolute atomic E-state index is 0.155. The lowest BCUT2D eigenvalue weighted by atomic mass is 9.81. The van der Waals surface area contributed by atoms with Crippen molar-refractivity contribution in [1.29, 1.82) is 0 Å². The van der Waals surface area contributed by atoms with Crippen LogP contribution < -0.4 is 9.80 Å². The maximum atomic E-state index is 4.29. The molecule has 0 N–H and O–H groups in total. The van der Waals surface area contributed by atoms with Crippen molar-refractivity contribution in [3.63, 3.8) is 0 Å². The number of hydrogen-bond donors (Lipinski definition) is 0. The van der Waals surface area contributed by atoms with E-state index in [1.54, 1.807) is 0 Å². The van der Waals surface area contributed by atoms with Crippen LogP contribution in [0, 0.1) is 0 Å². The average Bonchev–Trinajstić information content (AvgIpc) is 4.05. The van der Waals surface area contributed by atoms with Gasteiger partial charge in [0.05, 0.1) is 0 Å². The highest BCUT2D eigenvalue weighted by Crippen LogP contribution is 2.54. The lowest BCUT2D eigenvalue weighted by molar-refractivity contribution is 0.660. The molecule has 0 atom stereocenters. The average molecular weight is 969 g/mol. The number of fused-ring (bicyclic) bond motifs is 9. The van der Waals surface area contributed by atoms with Gasteiger partial charge in [-0.3, -0.25) is 19.9 Å². The Morgan fingerprint density at radius 2 is 0.467 bits per heavy atom. The molecule has 6 nitrogen and oxygen atoms in total. The van der Waals surface area contributed by atoms with Crippen LogP contribution in [0.2, 0.25) is 0 Å². The lowest BCUT2D eigenvalue weighted by Gasteiger charge is -2.27. The number of hydrogen-bond acceptors (Lipinski definition) is 6. The fourth-order valence-corrected chi connectivity index (χ4v) is 12.2. The topological polar surface area (TPSA) is 58.0 Å². The van der Waals surface area contributed by atoms with Gasteiger partial charge in [0.15, 0.2) is 0 Å². The Hall–Kier alpha value is -9.00. The molecule has 0 saturated heterocycles. The van der Waals surface area contributed by atoms with Crippen LogP contribution in [0.3, 0.4) is 0 Å². The fraction of sp³-hybridized carbons (Fsp3) is 0.130. The zero-order valence-electron chi connectivity index (χ0n) is 43.1. The summed E-state index contributed by atoms with van der Waals surface area (Å²) in [7, 11) is 0. The van der Waals surface area contributed by atoms with Crippen molar-refractivity contribution in [2.45, 2.75) is 57.8 Å². The van der Waals surface area contributed by atoms with Crippen LogP contribution in [0.4, 0.5) is 34.1 Å². The Morgan fingerprint density at radius 1 is 0.253 bits per heavy atom. The highest BCUT2D eigenvalue weighted by Gasteiger charge is 2.39. The van der Waals surface area contributed by atoms with Crippen LogP contribution in [0.1, 0.15) is 97.2 Å². The van der Waals surface area contributed by atoms with Crippen molar-refractivity contribution < 1.29 is 0 Å². The van der Waals surface area contributed by atoms with E-state index in [2.05, 4.69) is 253 Å². The van der Waals surface area contributed by atoms with Gasteiger partial charge in [-0.15, -0.1) is 0 Å². The second-order valence-electron chi connectivity index (χ2n) is 21.7. The number of rotatable bonds is 10. The first-order valence-electron chi connectivity index (χ1n) is 25.9. The van der Waals surface area contributed by atoms with E-state index < -0.39 is 0 Å². The van der Waals surface area contributed by atoms with Gasteiger partial charge < -0.3 is 9.80 Å². The normalized spacial score (nSPS) is 14.7.